The highest BCUT2D eigenvalue weighted by atomic mass is 32.2. The van der Waals surface area contributed by atoms with Crippen molar-refractivity contribution in [3.05, 3.63) is 46.0 Å². The standard InChI is InChI=1S/C17H20N4O2S/c22-13-10-24-15(11-5-4-8-18-9-11)14-16(19-13)21(20-17(14)23)12-6-2-1-3-7-12/h4-5,8-9,12,15H,1-3,6-7,10H2,(H,19,22)(H,20,23)/t15-/m0/s1. The van der Waals surface area contributed by atoms with E-state index in [1.165, 1.54) is 18.2 Å². The van der Waals surface area contributed by atoms with E-state index in [0.29, 0.717) is 17.1 Å². The second kappa shape index (κ2) is 6.47. The van der Waals surface area contributed by atoms with E-state index in [-0.39, 0.29) is 22.8 Å². The molecule has 24 heavy (non-hydrogen) atoms. The number of aromatic nitrogens is 3. The Morgan fingerprint density at radius 2 is 2.04 bits per heavy atom. The van der Waals surface area contributed by atoms with Crippen molar-refractivity contribution in [2.45, 2.75) is 43.4 Å². The highest BCUT2D eigenvalue weighted by Gasteiger charge is 2.32. The number of amides is 1. The third-order valence-electron chi connectivity index (χ3n) is 4.79. The quantitative estimate of drug-likeness (QED) is 0.878. The zero-order valence-corrected chi connectivity index (χ0v) is 14.1. The minimum absolute atomic E-state index is 0.0591. The van der Waals surface area contributed by atoms with Crippen molar-refractivity contribution in [3.63, 3.8) is 0 Å². The fourth-order valence-electron chi connectivity index (χ4n) is 3.65. The van der Waals surface area contributed by atoms with Crippen LogP contribution in [-0.2, 0) is 4.79 Å². The summed E-state index contributed by atoms with van der Waals surface area (Å²) in [5, 5.41) is 5.77. The van der Waals surface area contributed by atoms with Gasteiger partial charge in [0, 0.05) is 12.4 Å². The summed E-state index contributed by atoms with van der Waals surface area (Å²) in [5.74, 6) is 0.921. The maximum Gasteiger partial charge on any atom is 0.270 e. The molecule has 126 valence electrons. The number of aromatic amines is 1. The van der Waals surface area contributed by atoms with Crippen molar-refractivity contribution in [1.82, 2.24) is 14.8 Å². The highest BCUT2D eigenvalue weighted by molar-refractivity contribution is 8.00. The number of hydrogen-bond acceptors (Lipinski definition) is 4. The SMILES string of the molecule is O=C1CS[C@@H](c2cccnc2)c2c(n(C3CCCCC3)[nH]c2=O)N1. The summed E-state index contributed by atoms with van der Waals surface area (Å²) in [4.78, 5) is 29.1. The molecule has 2 aromatic rings. The molecular weight excluding hydrogens is 324 g/mol. The van der Waals surface area contributed by atoms with Gasteiger partial charge >= 0.3 is 0 Å². The summed E-state index contributed by atoms with van der Waals surface area (Å²) in [6.45, 7) is 0. The van der Waals surface area contributed by atoms with E-state index in [9.17, 15) is 9.59 Å². The number of fused-ring (bicyclic) bond motifs is 1. The zero-order chi connectivity index (χ0) is 16.5. The van der Waals surface area contributed by atoms with E-state index in [1.807, 2.05) is 16.8 Å². The lowest BCUT2D eigenvalue weighted by atomic mass is 9.95. The number of carbonyl (C=O) groups excluding carboxylic acids is 1. The van der Waals surface area contributed by atoms with Crippen LogP contribution in [0.2, 0.25) is 0 Å². The number of carbonyl (C=O) groups is 1. The third kappa shape index (κ3) is 2.77. The van der Waals surface area contributed by atoms with Crippen LogP contribution >= 0.6 is 11.8 Å². The Balaban J connectivity index is 1.82. The van der Waals surface area contributed by atoms with Gasteiger partial charge in [-0.05, 0) is 24.5 Å². The zero-order valence-electron chi connectivity index (χ0n) is 13.3. The van der Waals surface area contributed by atoms with E-state index in [2.05, 4.69) is 15.4 Å². The molecule has 1 amide bonds. The van der Waals surface area contributed by atoms with Crippen LogP contribution in [-0.4, -0.2) is 26.4 Å². The van der Waals surface area contributed by atoms with Crippen LogP contribution in [0.1, 0.15) is 54.5 Å². The molecule has 0 aromatic carbocycles. The highest BCUT2D eigenvalue weighted by Crippen LogP contribution is 2.41. The molecule has 0 unspecified atom stereocenters. The van der Waals surface area contributed by atoms with Crippen LogP contribution < -0.4 is 10.9 Å². The van der Waals surface area contributed by atoms with Crippen molar-refractivity contribution >= 4 is 23.5 Å². The first kappa shape index (κ1) is 15.5. The average molecular weight is 344 g/mol. The molecule has 2 aliphatic rings. The van der Waals surface area contributed by atoms with Crippen LogP contribution in [0.4, 0.5) is 5.82 Å². The summed E-state index contributed by atoms with van der Waals surface area (Å²) in [5.41, 5.74) is 1.48. The van der Waals surface area contributed by atoms with Crippen molar-refractivity contribution in [2.75, 3.05) is 11.1 Å². The number of rotatable bonds is 2. The molecule has 0 spiro atoms. The Bertz CT molecular complexity index is 793. The van der Waals surface area contributed by atoms with Crippen molar-refractivity contribution < 1.29 is 4.79 Å². The van der Waals surface area contributed by atoms with Crippen LogP contribution in [0.5, 0.6) is 0 Å². The smallest absolute Gasteiger partial charge is 0.270 e. The molecule has 4 rings (SSSR count). The molecule has 0 radical (unpaired) electrons. The lowest BCUT2D eigenvalue weighted by Gasteiger charge is -2.24. The summed E-state index contributed by atoms with van der Waals surface area (Å²) >= 11 is 1.48. The normalized spacial score (nSPS) is 21.8. The van der Waals surface area contributed by atoms with E-state index in [4.69, 9.17) is 0 Å². The monoisotopic (exact) mass is 344 g/mol. The number of nitrogens with zero attached hydrogens (tertiary/aromatic N) is 2. The lowest BCUT2D eigenvalue weighted by Crippen LogP contribution is -2.21. The van der Waals surface area contributed by atoms with Gasteiger partial charge in [0.1, 0.15) is 5.82 Å². The predicted octanol–water partition coefficient (Wildman–Crippen LogP) is 2.85. The summed E-state index contributed by atoms with van der Waals surface area (Å²) in [7, 11) is 0. The van der Waals surface area contributed by atoms with E-state index >= 15 is 0 Å². The number of nitrogens with one attached hydrogen (secondary N) is 2. The van der Waals surface area contributed by atoms with Gasteiger partial charge in [0.15, 0.2) is 0 Å². The summed E-state index contributed by atoms with van der Waals surface area (Å²) in [6.07, 6.45) is 9.13. The van der Waals surface area contributed by atoms with Crippen molar-refractivity contribution in [3.8, 4) is 0 Å². The molecule has 1 aliphatic carbocycles. The van der Waals surface area contributed by atoms with Gasteiger partial charge in [0.2, 0.25) is 5.91 Å². The van der Waals surface area contributed by atoms with Crippen molar-refractivity contribution in [1.29, 1.82) is 0 Å². The molecule has 1 fully saturated rings. The second-order valence-corrected chi connectivity index (χ2v) is 7.48. The molecule has 2 N–H and O–H groups in total. The van der Waals surface area contributed by atoms with Gasteiger partial charge in [-0.3, -0.25) is 24.4 Å². The molecule has 1 saturated carbocycles. The maximum absolute atomic E-state index is 12.7. The van der Waals surface area contributed by atoms with Crippen LogP contribution in [0.25, 0.3) is 0 Å². The van der Waals surface area contributed by atoms with E-state index in [1.54, 1.807) is 12.4 Å². The Hall–Kier alpha value is -2.02. The predicted molar refractivity (Wildman–Crippen MR) is 94.3 cm³/mol. The Kier molecular flexibility index (Phi) is 4.18. The molecule has 2 aromatic heterocycles. The van der Waals surface area contributed by atoms with Gasteiger partial charge in [-0.2, -0.15) is 0 Å². The number of pyridine rings is 1. The molecule has 0 saturated heterocycles. The molecule has 1 aliphatic heterocycles. The number of thioether (sulfide) groups is 1. The number of H-pyrrole nitrogens is 1. The van der Waals surface area contributed by atoms with E-state index < -0.39 is 0 Å². The van der Waals surface area contributed by atoms with Gasteiger partial charge in [0.05, 0.1) is 22.6 Å². The van der Waals surface area contributed by atoms with E-state index in [0.717, 1.165) is 31.2 Å². The molecule has 0 bridgehead atoms. The van der Waals surface area contributed by atoms with Gasteiger partial charge in [0.25, 0.3) is 5.56 Å². The van der Waals surface area contributed by atoms with Crippen LogP contribution in [0, 0.1) is 0 Å². The lowest BCUT2D eigenvalue weighted by molar-refractivity contribution is -0.113. The number of anilines is 1. The molecule has 3 heterocycles. The minimum Gasteiger partial charge on any atom is -0.310 e. The first-order chi connectivity index (χ1) is 11.7. The summed E-state index contributed by atoms with van der Waals surface area (Å²) in [6, 6.07) is 4.08. The Morgan fingerprint density at radius 3 is 2.79 bits per heavy atom. The average Bonchev–Trinajstić information content (AvgIpc) is 2.83. The Morgan fingerprint density at radius 1 is 1.21 bits per heavy atom. The fourth-order valence-corrected chi connectivity index (χ4v) is 4.76. The molecular formula is C17H20N4O2S. The number of hydrogen-bond donors (Lipinski definition) is 2. The largest absolute Gasteiger partial charge is 0.310 e. The molecule has 1 atom stereocenters. The maximum atomic E-state index is 12.7. The minimum atomic E-state index is -0.179. The second-order valence-electron chi connectivity index (χ2n) is 6.39. The van der Waals surface area contributed by atoms with Crippen molar-refractivity contribution in [2.24, 2.45) is 0 Å². The summed E-state index contributed by atoms with van der Waals surface area (Å²) < 4.78 is 1.91. The van der Waals surface area contributed by atoms with Gasteiger partial charge < -0.3 is 5.32 Å². The fraction of sp³-hybridized carbons (Fsp3) is 0.471. The van der Waals surface area contributed by atoms with Crippen LogP contribution in [0.3, 0.4) is 0 Å². The Labute approximate surface area is 144 Å². The van der Waals surface area contributed by atoms with Gasteiger partial charge in [-0.25, -0.2) is 0 Å². The van der Waals surface area contributed by atoms with Gasteiger partial charge in [-0.15, -0.1) is 11.8 Å². The molecule has 6 nitrogen and oxygen atoms in total. The van der Waals surface area contributed by atoms with Gasteiger partial charge in [-0.1, -0.05) is 25.3 Å². The first-order valence-corrected chi connectivity index (χ1v) is 9.44. The topological polar surface area (TPSA) is 79.8 Å². The third-order valence-corrected chi connectivity index (χ3v) is 6.06. The first-order valence-electron chi connectivity index (χ1n) is 8.40. The van der Waals surface area contributed by atoms with Crippen LogP contribution in [0.15, 0.2) is 29.3 Å². The molecule has 7 heteroatoms.